The van der Waals surface area contributed by atoms with Gasteiger partial charge >= 0.3 is 0 Å². The van der Waals surface area contributed by atoms with Crippen LogP contribution in [0.4, 0.5) is 5.69 Å². The molecular weight excluding hydrogens is 369 g/mol. The number of benzene rings is 3. The summed E-state index contributed by atoms with van der Waals surface area (Å²) in [6.07, 6.45) is 8.31. The Balaban J connectivity index is 1.93. The molecule has 0 fully saturated rings. The largest absolute Gasteiger partial charge is 0.377 e. The molecule has 0 radical (unpaired) electrons. The summed E-state index contributed by atoms with van der Waals surface area (Å²) < 4.78 is 0. The highest BCUT2D eigenvalue weighted by molar-refractivity contribution is 7.77. The highest BCUT2D eigenvalue weighted by atomic mass is 31.1. The number of anilines is 1. The molecule has 3 aromatic rings. The average Bonchev–Trinajstić information content (AvgIpc) is 2.75. The van der Waals surface area contributed by atoms with Gasteiger partial charge in [0.1, 0.15) is 0 Å². The molecule has 3 aromatic carbocycles. The van der Waals surface area contributed by atoms with E-state index >= 15 is 0 Å². The van der Waals surface area contributed by atoms with Crippen molar-refractivity contribution in [3.63, 3.8) is 0 Å². The van der Waals surface area contributed by atoms with Crippen LogP contribution in [-0.2, 0) is 0 Å². The Bertz CT molecular complexity index is 1030. The Morgan fingerprint density at radius 3 is 2.17 bits per heavy atom. The summed E-state index contributed by atoms with van der Waals surface area (Å²) in [5.74, 6) is 0.588. The lowest BCUT2D eigenvalue weighted by Gasteiger charge is -2.27. The van der Waals surface area contributed by atoms with Crippen LogP contribution in [0.5, 0.6) is 0 Å². The third-order valence-electron chi connectivity index (χ3n) is 5.35. The van der Waals surface area contributed by atoms with Crippen molar-refractivity contribution in [2.24, 2.45) is 5.92 Å². The summed E-state index contributed by atoms with van der Waals surface area (Å²) in [4.78, 5) is 2.21. The Kier molecular flexibility index (Phi) is 5.97. The summed E-state index contributed by atoms with van der Waals surface area (Å²) in [6, 6.07) is 28.7. The van der Waals surface area contributed by atoms with Gasteiger partial charge in [0.15, 0.2) is 0 Å². The number of rotatable bonds is 5. The molecule has 0 amide bonds. The highest BCUT2D eigenvalue weighted by Gasteiger charge is 2.23. The Hall–Kier alpha value is -2.63. The van der Waals surface area contributed by atoms with E-state index in [1.807, 2.05) is 0 Å². The van der Waals surface area contributed by atoms with Gasteiger partial charge in [-0.05, 0) is 47.8 Å². The SMILES string of the molecule is CC1C=C(P(c2ccccc2)c2ccccc2-c2ccccc2N(C)C)C=CC1. The van der Waals surface area contributed by atoms with E-state index in [1.54, 1.807) is 0 Å². The van der Waals surface area contributed by atoms with Crippen LogP contribution in [0.1, 0.15) is 13.3 Å². The van der Waals surface area contributed by atoms with Crippen molar-refractivity contribution in [2.75, 3.05) is 19.0 Å². The summed E-state index contributed by atoms with van der Waals surface area (Å²) >= 11 is 0. The molecule has 2 heteroatoms. The quantitative estimate of drug-likeness (QED) is 0.455. The number of nitrogens with zero attached hydrogens (tertiary/aromatic N) is 1. The van der Waals surface area contributed by atoms with Crippen molar-refractivity contribution in [1.29, 1.82) is 0 Å². The van der Waals surface area contributed by atoms with Gasteiger partial charge in [-0.15, -0.1) is 0 Å². The molecule has 1 aliphatic rings. The molecule has 29 heavy (non-hydrogen) atoms. The average molecular weight is 398 g/mol. The zero-order chi connectivity index (χ0) is 20.2. The molecule has 1 aliphatic carbocycles. The van der Waals surface area contributed by atoms with Crippen LogP contribution in [0.2, 0.25) is 0 Å². The van der Waals surface area contributed by atoms with E-state index in [2.05, 4.69) is 123 Å². The zero-order valence-corrected chi connectivity index (χ0v) is 18.3. The van der Waals surface area contributed by atoms with Crippen molar-refractivity contribution in [1.82, 2.24) is 0 Å². The van der Waals surface area contributed by atoms with Crippen LogP contribution in [0.3, 0.4) is 0 Å². The number of para-hydroxylation sites is 1. The van der Waals surface area contributed by atoms with Crippen LogP contribution in [0.25, 0.3) is 11.1 Å². The van der Waals surface area contributed by atoms with Crippen LogP contribution >= 0.6 is 7.92 Å². The summed E-state index contributed by atoms with van der Waals surface area (Å²) in [6.45, 7) is 2.31. The lowest BCUT2D eigenvalue weighted by molar-refractivity contribution is 0.735. The van der Waals surface area contributed by atoms with Crippen molar-refractivity contribution >= 4 is 24.2 Å². The number of hydrogen-bond acceptors (Lipinski definition) is 1. The van der Waals surface area contributed by atoms with E-state index < -0.39 is 7.92 Å². The van der Waals surface area contributed by atoms with Crippen LogP contribution in [-0.4, -0.2) is 14.1 Å². The summed E-state index contributed by atoms with van der Waals surface area (Å²) in [7, 11) is 3.63. The molecule has 4 rings (SSSR count). The van der Waals surface area contributed by atoms with Gasteiger partial charge < -0.3 is 4.90 Å². The molecule has 0 aromatic heterocycles. The van der Waals surface area contributed by atoms with Gasteiger partial charge in [-0.3, -0.25) is 0 Å². The third-order valence-corrected chi connectivity index (χ3v) is 7.85. The van der Waals surface area contributed by atoms with Crippen molar-refractivity contribution in [3.05, 3.63) is 102 Å². The minimum absolute atomic E-state index is 0.588. The fourth-order valence-corrected chi connectivity index (χ4v) is 6.61. The summed E-state index contributed by atoms with van der Waals surface area (Å²) in [5.41, 5.74) is 3.88. The van der Waals surface area contributed by atoms with Gasteiger partial charge in [-0.25, -0.2) is 0 Å². The van der Waals surface area contributed by atoms with Crippen molar-refractivity contribution in [3.8, 4) is 11.1 Å². The maximum absolute atomic E-state index is 2.48. The highest BCUT2D eigenvalue weighted by Crippen LogP contribution is 2.48. The second-order valence-corrected chi connectivity index (χ2v) is 9.99. The van der Waals surface area contributed by atoms with Gasteiger partial charge in [0.2, 0.25) is 0 Å². The fourth-order valence-electron chi connectivity index (χ4n) is 3.96. The molecule has 0 saturated carbocycles. The second-order valence-electron chi connectivity index (χ2n) is 7.81. The van der Waals surface area contributed by atoms with Gasteiger partial charge in [0.25, 0.3) is 0 Å². The van der Waals surface area contributed by atoms with Gasteiger partial charge in [-0.2, -0.15) is 0 Å². The standard InChI is InChI=1S/C27H28NP/c1-21-12-11-15-23(20-21)29(22-13-5-4-6-14-22)27-19-10-8-17-25(27)24-16-7-9-18-26(24)28(2)3/h4-11,13-21H,12H2,1-3H3. The van der Waals surface area contributed by atoms with Crippen molar-refractivity contribution < 1.29 is 0 Å². The lowest BCUT2D eigenvalue weighted by atomic mass is 10.0. The molecule has 0 saturated heterocycles. The normalized spacial score (nSPS) is 16.9. The van der Waals surface area contributed by atoms with Crippen molar-refractivity contribution in [2.45, 2.75) is 13.3 Å². The molecule has 0 bridgehead atoms. The molecule has 2 atom stereocenters. The predicted molar refractivity (Wildman–Crippen MR) is 130 cm³/mol. The first-order chi connectivity index (χ1) is 14.1. The molecule has 0 aliphatic heterocycles. The van der Waals surface area contributed by atoms with Crippen LogP contribution in [0.15, 0.2) is 102 Å². The Labute approximate surface area is 176 Å². The van der Waals surface area contributed by atoms with E-state index in [1.165, 1.54) is 32.7 Å². The zero-order valence-electron chi connectivity index (χ0n) is 17.4. The van der Waals surface area contributed by atoms with Gasteiger partial charge in [0.05, 0.1) is 0 Å². The Morgan fingerprint density at radius 1 is 0.793 bits per heavy atom. The number of allylic oxidation sites excluding steroid dienone is 4. The van der Waals surface area contributed by atoms with E-state index in [9.17, 15) is 0 Å². The third kappa shape index (κ3) is 4.21. The monoisotopic (exact) mass is 397 g/mol. The molecule has 0 N–H and O–H groups in total. The van der Waals surface area contributed by atoms with Crippen LogP contribution in [0, 0.1) is 5.92 Å². The molecule has 1 nitrogen and oxygen atoms in total. The topological polar surface area (TPSA) is 3.24 Å². The maximum Gasteiger partial charge on any atom is 0.0440 e. The first-order valence-corrected chi connectivity index (χ1v) is 11.6. The van der Waals surface area contributed by atoms with E-state index in [0.29, 0.717) is 5.92 Å². The first-order valence-electron chi connectivity index (χ1n) is 10.2. The van der Waals surface area contributed by atoms with E-state index in [4.69, 9.17) is 0 Å². The molecule has 146 valence electrons. The van der Waals surface area contributed by atoms with E-state index in [-0.39, 0.29) is 0 Å². The first kappa shape index (κ1) is 19.7. The van der Waals surface area contributed by atoms with Crippen LogP contribution < -0.4 is 15.5 Å². The minimum atomic E-state index is -0.616. The van der Waals surface area contributed by atoms with Gasteiger partial charge in [-0.1, -0.05) is 97.9 Å². The molecule has 2 unspecified atom stereocenters. The maximum atomic E-state index is 2.48. The number of hydrogen-bond donors (Lipinski definition) is 0. The fraction of sp³-hybridized carbons (Fsp3) is 0.185. The molecular formula is C27H28NP. The van der Waals surface area contributed by atoms with E-state index in [0.717, 1.165) is 6.42 Å². The molecule has 0 heterocycles. The summed E-state index contributed by atoms with van der Waals surface area (Å²) in [5, 5.41) is 4.29. The lowest BCUT2D eigenvalue weighted by Crippen LogP contribution is -2.17. The molecule has 0 spiro atoms. The minimum Gasteiger partial charge on any atom is -0.377 e. The second kappa shape index (κ2) is 8.80. The smallest absolute Gasteiger partial charge is 0.0440 e. The van der Waals surface area contributed by atoms with Gasteiger partial charge in [0, 0.05) is 25.3 Å². The predicted octanol–water partition coefficient (Wildman–Crippen LogP) is 6.33. The Morgan fingerprint density at radius 2 is 1.45 bits per heavy atom.